The lowest BCUT2D eigenvalue weighted by Gasteiger charge is -2.06. The van der Waals surface area contributed by atoms with Crippen molar-refractivity contribution in [3.8, 4) is 0 Å². The Hall–Kier alpha value is -2.35. The monoisotopic (exact) mass is 278 g/mol. The molecule has 0 atom stereocenters. The SMILES string of the molecule is CCc1nnsc1C(=O)Nc1cccnc1C(=O)O. The van der Waals surface area contributed by atoms with Crippen molar-refractivity contribution in [1.82, 2.24) is 14.6 Å². The second kappa shape index (κ2) is 5.53. The van der Waals surface area contributed by atoms with Gasteiger partial charge in [0.15, 0.2) is 5.69 Å². The summed E-state index contributed by atoms with van der Waals surface area (Å²) in [5, 5.41) is 15.3. The van der Waals surface area contributed by atoms with Gasteiger partial charge in [-0.1, -0.05) is 11.4 Å². The van der Waals surface area contributed by atoms with Crippen LogP contribution in [-0.2, 0) is 6.42 Å². The van der Waals surface area contributed by atoms with Crippen LogP contribution in [0.4, 0.5) is 5.69 Å². The summed E-state index contributed by atoms with van der Waals surface area (Å²) in [5.74, 6) is -1.63. The Labute approximate surface area is 112 Å². The molecule has 8 heteroatoms. The molecule has 2 N–H and O–H groups in total. The van der Waals surface area contributed by atoms with Crippen molar-refractivity contribution in [3.05, 3.63) is 34.6 Å². The van der Waals surface area contributed by atoms with Gasteiger partial charge >= 0.3 is 5.97 Å². The van der Waals surface area contributed by atoms with E-state index < -0.39 is 11.9 Å². The number of carboxylic acids is 1. The van der Waals surface area contributed by atoms with Crippen molar-refractivity contribution in [1.29, 1.82) is 0 Å². The van der Waals surface area contributed by atoms with Crippen LogP contribution in [0.1, 0.15) is 32.8 Å². The first-order chi connectivity index (χ1) is 9.13. The van der Waals surface area contributed by atoms with Gasteiger partial charge in [0.25, 0.3) is 5.91 Å². The molecule has 2 heterocycles. The molecule has 2 rings (SSSR count). The lowest BCUT2D eigenvalue weighted by Crippen LogP contribution is -2.16. The lowest BCUT2D eigenvalue weighted by atomic mass is 10.2. The van der Waals surface area contributed by atoms with E-state index in [2.05, 4.69) is 19.9 Å². The molecule has 0 aromatic carbocycles. The Bertz CT molecular complexity index is 626. The maximum Gasteiger partial charge on any atom is 0.356 e. The minimum Gasteiger partial charge on any atom is -0.476 e. The summed E-state index contributed by atoms with van der Waals surface area (Å²) < 4.78 is 3.71. The zero-order valence-electron chi connectivity index (χ0n) is 9.95. The number of carbonyl (C=O) groups is 2. The highest BCUT2D eigenvalue weighted by molar-refractivity contribution is 7.08. The van der Waals surface area contributed by atoms with Gasteiger partial charge in [-0.25, -0.2) is 9.78 Å². The van der Waals surface area contributed by atoms with E-state index in [4.69, 9.17) is 5.11 Å². The Kier molecular flexibility index (Phi) is 3.81. The van der Waals surface area contributed by atoms with Crippen LogP contribution >= 0.6 is 11.5 Å². The first-order valence-corrected chi connectivity index (χ1v) is 6.21. The van der Waals surface area contributed by atoms with Crippen molar-refractivity contribution < 1.29 is 14.7 Å². The summed E-state index contributed by atoms with van der Waals surface area (Å²) in [6.45, 7) is 1.86. The van der Waals surface area contributed by atoms with Crippen LogP contribution in [0, 0.1) is 0 Å². The Morgan fingerprint density at radius 2 is 2.26 bits per heavy atom. The molecule has 0 aliphatic rings. The number of anilines is 1. The predicted octanol–water partition coefficient (Wildman–Crippen LogP) is 1.45. The fourth-order valence-corrected chi connectivity index (χ4v) is 2.11. The van der Waals surface area contributed by atoms with Crippen molar-refractivity contribution in [3.63, 3.8) is 0 Å². The maximum atomic E-state index is 12.0. The Morgan fingerprint density at radius 1 is 1.47 bits per heavy atom. The molecule has 2 aromatic rings. The van der Waals surface area contributed by atoms with Crippen LogP contribution in [0.25, 0.3) is 0 Å². The van der Waals surface area contributed by atoms with Crippen LogP contribution in [0.15, 0.2) is 18.3 Å². The third kappa shape index (κ3) is 2.74. The zero-order valence-corrected chi connectivity index (χ0v) is 10.8. The molecule has 2 aromatic heterocycles. The highest BCUT2D eigenvalue weighted by atomic mass is 32.1. The molecule has 1 amide bonds. The van der Waals surface area contributed by atoms with E-state index in [9.17, 15) is 9.59 Å². The van der Waals surface area contributed by atoms with E-state index in [-0.39, 0.29) is 11.4 Å². The van der Waals surface area contributed by atoms with Crippen LogP contribution in [-0.4, -0.2) is 31.6 Å². The van der Waals surface area contributed by atoms with E-state index in [1.54, 1.807) is 6.07 Å². The topological polar surface area (TPSA) is 105 Å². The fourth-order valence-electron chi connectivity index (χ4n) is 1.47. The first kappa shape index (κ1) is 13.1. The normalized spacial score (nSPS) is 10.2. The van der Waals surface area contributed by atoms with Crippen LogP contribution in [0.3, 0.4) is 0 Å². The Balaban J connectivity index is 2.27. The number of aromatic nitrogens is 3. The molecule has 0 fully saturated rings. The molecule has 0 radical (unpaired) electrons. The van der Waals surface area contributed by atoms with Crippen LogP contribution < -0.4 is 5.32 Å². The molecular formula is C11H10N4O3S. The summed E-state index contributed by atoms with van der Waals surface area (Å²) in [4.78, 5) is 27.1. The number of nitrogens with one attached hydrogen (secondary N) is 1. The summed E-state index contributed by atoms with van der Waals surface area (Å²) >= 11 is 0.975. The van der Waals surface area contributed by atoms with Gasteiger partial charge in [0, 0.05) is 6.20 Å². The number of hydrogen-bond acceptors (Lipinski definition) is 6. The highest BCUT2D eigenvalue weighted by Crippen LogP contribution is 2.17. The van der Waals surface area contributed by atoms with Gasteiger partial charge in [0.2, 0.25) is 0 Å². The van der Waals surface area contributed by atoms with E-state index >= 15 is 0 Å². The third-order valence-corrected chi connectivity index (χ3v) is 3.12. The van der Waals surface area contributed by atoms with Crippen LogP contribution in [0.2, 0.25) is 0 Å². The zero-order chi connectivity index (χ0) is 13.8. The second-order valence-corrected chi connectivity index (χ2v) is 4.32. The van der Waals surface area contributed by atoms with Crippen LogP contribution in [0.5, 0.6) is 0 Å². The number of pyridine rings is 1. The molecular weight excluding hydrogens is 268 g/mol. The summed E-state index contributed by atoms with van der Waals surface area (Å²) in [5.41, 5.74) is 0.532. The first-order valence-electron chi connectivity index (χ1n) is 5.44. The van der Waals surface area contributed by atoms with Gasteiger partial charge in [-0.05, 0) is 30.1 Å². The van der Waals surface area contributed by atoms with Gasteiger partial charge in [0.05, 0.1) is 11.4 Å². The number of aryl methyl sites for hydroxylation is 1. The van der Waals surface area contributed by atoms with Crippen molar-refractivity contribution in [2.24, 2.45) is 0 Å². The van der Waals surface area contributed by atoms with Gasteiger partial charge < -0.3 is 10.4 Å². The molecule has 0 unspecified atom stereocenters. The lowest BCUT2D eigenvalue weighted by molar-refractivity contribution is 0.0692. The smallest absolute Gasteiger partial charge is 0.356 e. The van der Waals surface area contributed by atoms with Crippen molar-refractivity contribution in [2.45, 2.75) is 13.3 Å². The molecule has 0 saturated heterocycles. The largest absolute Gasteiger partial charge is 0.476 e. The summed E-state index contributed by atoms with van der Waals surface area (Å²) in [6.07, 6.45) is 1.93. The third-order valence-electron chi connectivity index (χ3n) is 2.36. The number of aromatic carboxylic acids is 1. The molecule has 98 valence electrons. The number of nitrogens with zero attached hydrogens (tertiary/aromatic N) is 3. The Morgan fingerprint density at radius 3 is 2.95 bits per heavy atom. The average Bonchev–Trinajstić information content (AvgIpc) is 2.87. The van der Waals surface area contributed by atoms with E-state index in [0.717, 1.165) is 11.5 Å². The number of carbonyl (C=O) groups excluding carboxylic acids is 1. The molecule has 0 aliphatic carbocycles. The number of rotatable bonds is 4. The molecule has 0 bridgehead atoms. The molecule has 0 aliphatic heterocycles. The highest BCUT2D eigenvalue weighted by Gasteiger charge is 2.18. The van der Waals surface area contributed by atoms with E-state index in [1.165, 1.54) is 12.3 Å². The van der Waals surface area contributed by atoms with E-state index in [1.807, 2.05) is 6.92 Å². The molecule has 0 spiro atoms. The van der Waals surface area contributed by atoms with E-state index in [0.29, 0.717) is 17.0 Å². The predicted molar refractivity (Wildman–Crippen MR) is 68.4 cm³/mol. The minimum atomic E-state index is -1.20. The van der Waals surface area contributed by atoms with Crippen molar-refractivity contribution >= 4 is 29.1 Å². The quantitative estimate of drug-likeness (QED) is 0.876. The molecule has 0 saturated carbocycles. The van der Waals surface area contributed by atoms with Gasteiger partial charge in [-0.3, -0.25) is 4.79 Å². The second-order valence-electron chi connectivity index (χ2n) is 3.56. The number of carboxylic acid groups (broad SMARTS) is 1. The minimum absolute atomic E-state index is 0.149. The summed E-state index contributed by atoms with van der Waals surface area (Å²) in [6, 6.07) is 3.03. The fraction of sp³-hybridized carbons (Fsp3) is 0.182. The maximum absolute atomic E-state index is 12.0. The number of amides is 1. The van der Waals surface area contributed by atoms with Gasteiger partial charge in [-0.2, -0.15) is 0 Å². The standard InChI is InChI=1S/C11H10N4O3S/c1-2-6-9(19-15-14-6)10(16)13-7-4-3-5-12-8(7)11(17)18/h3-5H,2H2,1H3,(H,13,16)(H,17,18). The molecule has 7 nitrogen and oxygen atoms in total. The van der Waals surface area contributed by atoms with Crippen molar-refractivity contribution in [2.75, 3.05) is 5.32 Å². The summed E-state index contributed by atoms with van der Waals surface area (Å²) in [7, 11) is 0. The number of hydrogen-bond donors (Lipinski definition) is 2. The average molecular weight is 278 g/mol. The van der Waals surface area contributed by atoms with Gasteiger partial charge in [0.1, 0.15) is 4.88 Å². The van der Waals surface area contributed by atoms with Gasteiger partial charge in [-0.15, -0.1) is 5.10 Å². The molecule has 19 heavy (non-hydrogen) atoms.